The molecule has 1 atom stereocenters. The summed E-state index contributed by atoms with van der Waals surface area (Å²) in [6, 6.07) is 12.0. The molecule has 0 aliphatic heterocycles. The smallest absolute Gasteiger partial charge is 0.119 e. The Morgan fingerprint density at radius 2 is 1.90 bits per heavy atom. The molecule has 0 aliphatic carbocycles. The summed E-state index contributed by atoms with van der Waals surface area (Å²) in [5.41, 5.74) is 9.70. The first kappa shape index (κ1) is 16.5. The molecule has 0 fully saturated rings. The van der Waals surface area contributed by atoms with E-state index in [2.05, 4.69) is 57.8 Å². The Balaban J connectivity index is 2.31. The molecular weight excluding hydrogens is 394 g/mol. The van der Waals surface area contributed by atoms with Gasteiger partial charge in [0.05, 0.1) is 12.6 Å². The van der Waals surface area contributed by atoms with Gasteiger partial charge < -0.3 is 10.5 Å². The summed E-state index contributed by atoms with van der Waals surface area (Å²) in [5.74, 6) is 0.868. The minimum atomic E-state index is -0.193. The molecule has 2 nitrogen and oxygen atoms in total. The Kier molecular flexibility index (Phi) is 5.85. The van der Waals surface area contributed by atoms with Gasteiger partial charge in [-0.05, 0) is 54.3 Å². The molecule has 0 heterocycles. The van der Waals surface area contributed by atoms with Crippen LogP contribution < -0.4 is 10.5 Å². The lowest BCUT2D eigenvalue weighted by Crippen LogP contribution is -2.13. The van der Waals surface area contributed by atoms with Gasteiger partial charge in [0, 0.05) is 8.95 Å². The van der Waals surface area contributed by atoms with E-state index < -0.39 is 0 Å². The number of hydrogen-bond acceptors (Lipinski definition) is 2. The fraction of sp³-hybridized carbons (Fsp3) is 0.294. The van der Waals surface area contributed by atoms with E-state index in [1.165, 1.54) is 5.56 Å². The van der Waals surface area contributed by atoms with Crippen molar-refractivity contribution < 1.29 is 4.74 Å². The van der Waals surface area contributed by atoms with Gasteiger partial charge in [0.15, 0.2) is 0 Å². The number of ether oxygens (including phenoxy) is 1. The standard InChI is InChI=1S/C17H19Br2NO/c1-3-7-21-13-6-4-5-12(9-13)17(20)14-10-15(18)11(2)8-16(14)19/h4-6,8-10,17H,3,7,20H2,1-2H3. The monoisotopic (exact) mass is 411 g/mol. The molecule has 0 amide bonds. The molecule has 0 saturated carbocycles. The van der Waals surface area contributed by atoms with Crippen molar-refractivity contribution in [1.29, 1.82) is 0 Å². The minimum absolute atomic E-state index is 0.193. The molecule has 0 bridgehead atoms. The lowest BCUT2D eigenvalue weighted by molar-refractivity contribution is 0.317. The van der Waals surface area contributed by atoms with E-state index in [-0.39, 0.29) is 6.04 Å². The average molecular weight is 413 g/mol. The van der Waals surface area contributed by atoms with Crippen LogP contribution in [0.2, 0.25) is 0 Å². The predicted octanol–water partition coefficient (Wildman–Crippen LogP) is 5.36. The third kappa shape index (κ3) is 4.09. The molecule has 4 heteroatoms. The number of hydrogen-bond donors (Lipinski definition) is 1. The van der Waals surface area contributed by atoms with Crippen LogP contribution in [-0.4, -0.2) is 6.61 Å². The topological polar surface area (TPSA) is 35.2 Å². The molecule has 2 rings (SSSR count). The third-order valence-electron chi connectivity index (χ3n) is 3.30. The van der Waals surface area contributed by atoms with Gasteiger partial charge >= 0.3 is 0 Å². The molecule has 0 aliphatic rings. The van der Waals surface area contributed by atoms with Crippen LogP contribution in [0.5, 0.6) is 5.75 Å². The van der Waals surface area contributed by atoms with Gasteiger partial charge in [-0.3, -0.25) is 0 Å². The first-order valence-electron chi connectivity index (χ1n) is 6.96. The highest BCUT2D eigenvalue weighted by molar-refractivity contribution is 9.11. The van der Waals surface area contributed by atoms with Gasteiger partial charge in [-0.25, -0.2) is 0 Å². The van der Waals surface area contributed by atoms with E-state index in [1.807, 2.05) is 24.3 Å². The largest absolute Gasteiger partial charge is 0.494 e. The summed E-state index contributed by atoms with van der Waals surface area (Å²) < 4.78 is 7.77. The quantitative estimate of drug-likeness (QED) is 0.717. The molecule has 0 saturated heterocycles. The molecule has 0 spiro atoms. The Morgan fingerprint density at radius 1 is 1.14 bits per heavy atom. The fourth-order valence-electron chi connectivity index (χ4n) is 2.10. The van der Waals surface area contributed by atoms with Crippen LogP contribution in [0.1, 0.15) is 36.1 Å². The minimum Gasteiger partial charge on any atom is -0.494 e. The van der Waals surface area contributed by atoms with Crippen molar-refractivity contribution in [2.24, 2.45) is 5.73 Å². The van der Waals surface area contributed by atoms with Crippen molar-refractivity contribution in [2.45, 2.75) is 26.3 Å². The van der Waals surface area contributed by atoms with Crippen LogP contribution in [0.15, 0.2) is 45.3 Å². The van der Waals surface area contributed by atoms with Crippen LogP contribution in [0.4, 0.5) is 0 Å². The van der Waals surface area contributed by atoms with Crippen molar-refractivity contribution in [3.05, 3.63) is 62.0 Å². The van der Waals surface area contributed by atoms with E-state index in [9.17, 15) is 0 Å². The Morgan fingerprint density at radius 3 is 2.62 bits per heavy atom. The summed E-state index contributed by atoms with van der Waals surface area (Å²) in [6.07, 6.45) is 0.993. The fourth-order valence-corrected chi connectivity index (χ4v) is 3.16. The van der Waals surface area contributed by atoms with Gasteiger partial charge in [-0.15, -0.1) is 0 Å². The van der Waals surface area contributed by atoms with Gasteiger partial charge in [-0.2, -0.15) is 0 Å². The maximum atomic E-state index is 6.43. The average Bonchev–Trinajstić information content (AvgIpc) is 2.48. The van der Waals surface area contributed by atoms with Crippen molar-refractivity contribution >= 4 is 31.9 Å². The molecule has 2 N–H and O–H groups in total. The van der Waals surface area contributed by atoms with Crippen LogP contribution in [-0.2, 0) is 0 Å². The molecule has 112 valence electrons. The second-order valence-electron chi connectivity index (χ2n) is 5.02. The highest BCUT2D eigenvalue weighted by Gasteiger charge is 2.14. The molecule has 0 radical (unpaired) electrons. The number of aryl methyl sites for hydroxylation is 1. The maximum absolute atomic E-state index is 6.43. The summed E-state index contributed by atoms with van der Waals surface area (Å²) >= 11 is 7.18. The van der Waals surface area contributed by atoms with Crippen LogP contribution >= 0.6 is 31.9 Å². The third-order valence-corrected chi connectivity index (χ3v) is 4.84. The first-order chi connectivity index (χ1) is 10.0. The SMILES string of the molecule is CCCOc1cccc(C(N)c2cc(Br)c(C)cc2Br)c1. The number of halogens is 2. The van der Waals surface area contributed by atoms with E-state index in [4.69, 9.17) is 10.5 Å². The maximum Gasteiger partial charge on any atom is 0.119 e. The second kappa shape index (κ2) is 7.43. The summed E-state index contributed by atoms with van der Waals surface area (Å²) in [5, 5.41) is 0. The molecule has 1 unspecified atom stereocenters. The normalized spacial score (nSPS) is 12.2. The van der Waals surface area contributed by atoms with Gasteiger partial charge in [-0.1, -0.05) is 50.9 Å². The zero-order chi connectivity index (χ0) is 15.4. The van der Waals surface area contributed by atoms with Crippen molar-refractivity contribution in [3.63, 3.8) is 0 Å². The first-order valence-corrected chi connectivity index (χ1v) is 8.55. The zero-order valence-corrected chi connectivity index (χ0v) is 15.4. The highest BCUT2D eigenvalue weighted by Crippen LogP contribution is 2.32. The Labute approximate surface area is 143 Å². The lowest BCUT2D eigenvalue weighted by atomic mass is 9.98. The summed E-state index contributed by atoms with van der Waals surface area (Å²) in [4.78, 5) is 0. The zero-order valence-electron chi connectivity index (χ0n) is 12.2. The Bertz CT molecular complexity index is 628. The number of nitrogens with two attached hydrogens (primary N) is 1. The van der Waals surface area contributed by atoms with Crippen molar-refractivity contribution in [2.75, 3.05) is 6.61 Å². The molecule has 21 heavy (non-hydrogen) atoms. The van der Waals surface area contributed by atoms with E-state index in [0.29, 0.717) is 0 Å². The summed E-state index contributed by atoms with van der Waals surface area (Å²) in [7, 11) is 0. The van der Waals surface area contributed by atoms with Crippen LogP contribution in [0.25, 0.3) is 0 Å². The number of rotatable bonds is 5. The predicted molar refractivity (Wildman–Crippen MR) is 94.8 cm³/mol. The highest BCUT2D eigenvalue weighted by atomic mass is 79.9. The number of benzene rings is 2. The van der Waals surface area contributed by atoms with E-state index in [0.717, 1.165) is 38.8 Å². The molecular formula is C17H19Br2NO. The van der Waals surface area contributed by atoms with Gasteiger partial charge in [0.2, 0.25) is 0 Å². The Hall–Kier alpha value is -0.840. The van der Waals surface area contributed by atoms with Gasteiger partial charge in [0.25, 0.3) is 0 Å². The second-order valence-corrected chi connectivity index (χ2v) is 6.73. The molecule has 2 aromatic carbocycles. The van der Waals surface area contributed by atoms with Crippen LogP contribution in [0.3, 0.4) is 0 Å². The molecule has 2 aromatic rings. The lowest BCUT2D eigenvalue weighted by Gasteiger charge is -2.17. The van der Waals surface area contributed by atoms with Crippen LogP contribution in [0, 0.1) is 6.92 Å². The van der Waals surface area contributed by atoms with E-state index >= 15 is 0 Å². The van der Waals surface area contributed by atoms with Crippen molar-refractivity contribution in [3.8, 4) is 5.75 Å². The summed E-state index contributed by atoms with van der Waals surface area (Å²) in [6.45, 7) is 4.87. The van der Waals surface area contributed by atoms with E-state index in [1.54, 1.807) is 0 Å². The van der Waals surface area contributed by atoms with Crippen molar-refractivity contribution in [1.82, 2.24) is 0 Å². The van der Waals surface area contributed by atoms with Gasteiger partial charge in [0.1, 0.15) is 5.75 Å². The molecule has 0 aromatic heterocycles.